The van der Waals surface area contributed by atoms with E-state index in [9.17, 15) is 28.9 Å². The predicted molar refractivity (Wildman–Crippen MR) is 65.8 cm³/mol. The number of nitro benzene ring substituents is 1. The van der Waals surface area contributed by atoms with E-state index in [0.29, 0.717) is 6.07 Å². The predicted octanol–water partition coefficient (Wildman–Crippen LogP) is -0.208. The number of amides is 2. The van der Waals surface area contributed by atoms with Crippen molar-refractivity contribution in [1.29, 1.82) is 0 Å². The van der Waals surface area contributed by atoms with Crippen LogP contribution >= 0.6 is 0 Å². The second-order valence-corrected chi connectivity index (χ2v) is 3.95. The van der Waals surface area contributed by atoms with Crippen LogP contribution < -0.4 is 11.1 Å². The maximum atomic E-state index is 13.1. The number of nitrogens with one attached hydrogen (secondary N) is 1. The normalized spacial score (nSPS) is 11.5. The summed E-state index contributed by atoms with van der Waals surface area (Å²) in [6.07, 6.45) is -0.704. The summed E-state index contributed by atoms with van der Waals surface area (Å²) in [5.41, 5.74) is 3.47. The van der Waals surface area contributed by atoms with Crippen LogP contribution in [-0.4, -0.2) is 33.9 Å². The number of carbonyl (C=O) groups excluding carboxylic acids is 2. The van der Waals surface area contributed by atoms with Gasteiger partial charge in [0.25, 0.3) is 11.6 Å². The lowest BCUT2D eigenvalue weighted by molar-refractivity contribution is -0.385. The molecule has 1 atom stereocenters. The fraction of sp³-hybridized carbons (Fsp3) is 0.182. The second kappa shape index (κ2) is 6.41. The average molecular weight is 299 g/mol. The smallest absolute Gasteiger partial charge is 0.326 e. The fourth-order valence-electron chi connectivity index (χ4n) is 1.49. The number of nitrogens with two attached hydrogens (primary N) is 1. The number of hydrogen-bond acceptors (Lipinski definition) is 5. The molecule has 10 heteroatoms. The highest BCUT2D eigenvalue weighted by molar-refractivity contribution is 6.00. The third-order valence-corrected chi connectivity index (χ3v) is 2.41. The van der Waals surface area contributed by atoms with Gasteiger partial charge in [-0.1, -0.05) is 0 Å². The molecule has 2 amide bonds. The van der Waals surface area contributed by atoms with Crippen LogP contribution in [0.2, 0.25) is 0 Å². The van der Waals surface area contributed by atoms with E-state index in [2.05, 4.69) is 0 Å². The van der Waals surface area contributed by atoms with Crippen molar-refractivity contribution in [3.05, 3.63) is 39.7 Å². The molecule has 0 aliphatic rings. The van der Waals surface area contributed by atoms with Crippen molar-refractivity contribution in [1.82, 2.24) is 5.32 Å². The molecule has 1 rings (SSSR count). The SMILES string of the molecule is NC(=O)CC(NC(=O)c1cc(F)ccc1[N+](=O)[O-])C(=O)O. The zero-order valence-corrected chi connectivity index (χ0v) is 10.4. The number of primary amides is 1. The summed E-state index contributed by atoms with van der Waals surface area (Å²) in [5, 5.41) is 21.4. The molecule has 4 N–H and O–H groups in total. The Labute approximate surface area is 116 Å². The first-order valence-electron chi connectivity index (χ1n) is 5.48. The Morgan fingerprint density at radius 1 is 1.43 bits per heavy atom. The van der Waals surface area contributed by atoms with E-state index in [1.807, 2.05) is 5.32 Å². The maximum Gasteiger partial charge on any atom is 0.326 e. The van der Waals surface area contributed by atoms with Gasteiger partial charge < -0.3 is 16.2 Å². The summed E-state index contributed by atoms with van der Waals surface area (Å²) < 4.78 is 13.1. The van der Waals surface area contributed by atoms with Gasteiger partial charge in [-0.25, -0.2) is 9.18 Å². The van der Waals surface area contributed by atoms with E-state index in [4.69, 9.17) is 10.8 Å². The number of nitrogens with zero attached hydrogens (tertiary/aromatic N) is 1. The van der Waals surface area contributed by atoms with Gasteiger partial charge in [-0.05, 0) is 12.1 Å². The van der Waals surface area contributed by atoms with E-state index in [-0.39, 0.29) is 0 Å². The molecule has 9 nitrogen and oxygen atoms in total. The average Bonchev–Trinajstić information content (AvgIpc) is 2.36. The third kappa shape index (κ3) is 4.23. The molecule has 0 aliphatic heterocycles. The standard InChI is InChI=1S/C11H10FN3O6/c12-5-1-2-8(15(20)21)6(3-5)10(17)14-7(11(18)19)4-9(13)16/h1-3,7H,4H2,(H2,13,16)(H,14,17)(H,18,19). The maximum absolute atomic E-state index is 13.1. The molecule has 1 aromatic carbocycles. The minimum absolute atomic E-state index is 0.594. The highest BCUT2D eigenvalue weighted by Gasteiger charge is 2.27. The van der Waals surface area contributed by atoms with Crippen LogP contribution in [0.3, 0.4) is 0 Å². The molecule has 1 aromatic rings. The van der Waals surface area contributed by atoms with Crippen LogP contribution in [0.5, 0.6) is 0 Å². The van der Waals surface area contributed by atoms with Crippen LogP contribution in [0, 0.1) is 15.9 Å². The van der Waals surface area contributed by atoms with Gasteiger partial charge in [0.1, 0.15) is 17.4 Å². The van der Waals surface area contributed by atoms with Crippen LogP contribution in [0.15, 0.2) is 18.2 Å². The quantitative estimate of drug-likeness (QED) is 0.488. The van der Waals surface area contributed by atoms with Crippen LogP contribution in [-0.2, 0) is 9.59 Å². The summed E-state index contributed by atoms with van der Waals surface area (Å²) in [4.78, 5) is 43.2. The highest BCUT2D eigenvalue weighted by Crippen LogP contribution is 2.19. The Hall–Kier alpha value is -3.04. The molecular formula is C11H10FN3O6. The number of carboxylic acid groups (broad SMARTS) is 1. The van der Waals surface area contributed by atoms with Crippen molar-refractivity contribution in [2.45, 2.75) is 12.5 Å². The molecule has 0 heterocycles. The zero-order valence-electron chi connectivity index (χ0n) is 10.4. The van der Waals surface area contributed by atoms with Crippen molar-refractivity contribution in [2.75, 3.05) is 0 Å². The van der Waals surface area contributed by atoms with Gasteiger partial charge >= 0.3 is 5.97 Å². The minimum atomic E-state index is -1.67. The summed E-state index contributed by atoms with van der Waals surface area (Å²) >= 11 is 0. The topological polar surface area (TPSA) is 153 Å². The monoisotopic (exact) mass is 299 g/mol. The molecule has 0 aromatic heterocycles. The zero-order chi connectivity index (χ0) is 16.2. The largest absolute Gasteiger partial charge is 0.480 e. The van der Waals surface area contributed by atoms with Crippen molar-refractivity contribution in [3.8, 4) is 0 Å². The Bertz CT molecular complexity index is 618. The van der Waals surface area contributed by atoms with Crippen molar-refractivity contribution < 1.29 is 28.8 Å². The molecule has 0 fully saturated rings. The first-order chi connectivity index (χ1) is 9.72. The first-order valence-corrected chi connectivity index (χ1v) is 5.48. The Kier molecular flexibility index (Phi) is 4.89. The number of carbonyl (C=O) groups is 3. The van der Waals surface area contributed by atoms with Crippen molar-refractivity contribution in [2.24, 2.45) is 5.73 Å². The number of rotatable bonds is 6. The highest BCUT2D eigenvalue weighted by atomic mass is 19.1. The lowest BCUT2D eigenvalue weighted by atomic mass is 10.1. The van der Waals surface area contributed by atoms with Crippen LogP contribution in [0.1, 0.15) is 16.8 Å². The van der Waals surface area contributed by atoms with Crippen LogP contribution in [0.4, 0.5) is 10.1 Å². The lowest BCUT2D eigenvalue weighted by Gasteiger charge is -2.12. The van der Waals surface area contributed by atoms with E-state index in [1.165, 1.54) is 0 Å². The van der Waals surface area contributed by atoms with E-state index >= 15 is 0 Å². The minimum Gasteiger partial charge on any atom is -0.480 e. The molecule has 0 spiro atoms. The molecule has 0 saturated heterocycles. The fourth-order valence-corrected chi connectivity index (χ4v) is 1.49. The van der Waals surface area contributed by atoms with E-state index < -0.39 is 52.2 Å². The second-order valence-electron chi connectivity index (χ2n) is 3.95. The molecular weight excluding hydrogens is 289 g/mol. The molecule has 0 aliphatic carbocycles. The molecule has 1 unspecified atom stereocenters. The number of nitro groups is 1. The molecule has 0 radical (unpaired) electrons. The van der Waals surface area contributed by atoms with Gasteiger partial charge in [-0.15, -0.1) is 0 Å². The molecule has 112 valence electrons. The lowest BCUT2D eigenvalue weighted by Crippen LogP contribution is -2.43. The van der Waals surface area contributed by atoms with E-state index in [1.54, 1.807) is 0 Å². The summed E-state index contributed by atoms with van der Waals surface area (Å²) in [7, 11) is 0. The van der Waals surface area contributed by atoms with Gasteiger partial charge in [0.2, 0.25) is 5.91 Å². The Morgan fingerprint density at radius 2 is 2.05 bits per heavy atom. The van der Waals surface area contributed by atoms with Crippen molar-refractivity contribution in [3.63, 3.8) is 0 Å². The number of hydrogen-bond donors (Lipinski definition) is 3. The van der Waals surface area contributed by atoms with E-state index in [0.717, 1.165) is 12.1 Å². The Balaban J connectivity index is 3.07. The van der Waals surface area contributed by atoms with Gasteiger partial charge in [0.15, 0.2) is 0 Å². The van der Waals surface area contributed by atoms with Crippen molar-refractivity contribution >= 4 is 23.5 Å². The van der Waals surface area contributed by atoms with Gasteiger partial charge in [-0.3, -0.25) is 19.7 Å². The van der Waals surface area contributed by atoms with Gasteiger partial charge in [0.05, 0.1) is 11.3 Å². The summed E-state index contributed by atoms with van der Waals surface area (Å²) in [6, 6.07) is 0.482. The number of halogens is 1. The number of carboxylic acids is 1. The Morgan fingerprint density at radius 3 is 2.52 bits per heavy atom. The number of aliphatic carboxylic acids is 1. The molecule has 0 bridgehead atoms. The summed E-state index contributed by atoms with van der Waals surface area (Å²) in [6.45, 7) is 0. The van der Waals surface area contributed by atoms with Gasteiger partial charge in [-0.2, -0.15) is 0 Å². The number of benzene rings is 1. The van der Waals surface area contributed by atoms with Crippen LogP contribution in [0.25, 0.3) is 0 Å². The summed E-state index contributed by atoms with van der Waals surface area (Å²) in [5.74, 6) is -4.65. The van der Waals surface area contributed by atoms with Gasteiger partial charge in [0, 0.05) is 6.07 Å². The third-order valence-electron chi connectivity index (χ3n) is 2.41. The molecule has 0 saturated carbocycles. The molecule has 21 heavy (non-hydrogen) atoms. The first kappa shape index (κ1) is 16.0.